The Kier molecular flexibility index (Phi) is 4.56. The zero-order valence-corrected chi connectivity index (χ0v) is 11.1. The minimum Gasteiger partial charge on any atom is -0.297 e. The van der Waals surface area contributed by atoms with Gasteiger partial charge in [-0.25, -0.2) is 0 Å². The number of hydrogen-bond donors (Lipinski definition) is 0. The van der Waals surface area contributed by atoms with Crippen molar-refractivity contribution in [2.75, 3.05) is 0 Å². The van der Waals surface area contributed by atoms with Crippen LogP contribution in [0.25, 0.3) is 0 Å². The van der Waals surface area contributed by atoms with Gasteiger partial charge in [0.2, 0.25) is 0 Å². The fraction of sp³-hybridized carbons (Fsp3) is 0.118. The predicted octanol–water partition coefficient (Wildman–Crippen LogP) is 3.29. The number of carbonyl (C=O) groups excluding carboxylic acids is 1. The van der Waals surface area contributed by atoms with Crippen LogP contribution >= 0.6 is 0 Å². The Bertz CT molecular complexity index is 539. The molecule has 0 radical (unpaired) electrons. The van der Waals surface area contributed by atoms with Gasteiger partial charge in [0.1, 0.15) is 0 Å². The number of nitrogens with zero attached hydrogens (tertiary/aromatic N) is 2. The number of rotatable bonds is 6. The van der Waals surface area contributed by atoms with Crippen LogP contribution in [0, 0.1) is 0 Å². The Labute approximate surface area is 118 Å². The summed E-state index contributed by atoms with van der Waals surface area (Å²) >= 11 is 0. The second-order valence-corrected chi connectivity index (χ2v) is 4.34. The summed E-state index contributed by atoms with van der Waals surface area (Å²) in [4.78, 5) is 21.2. The number of Topliss-reactive ketones (excluding diaryl/α,β-unsaturated/α-hetero) is 1. The summed E-state index contributed by atoms with van der Waals surface area (Å²) in [5, 5.41) is 0. The standard InChI is InChI=1S/C17H16N2O/c1-3-13(15-9-5-7-11-18-15)17(20)14(4-2)16-10-6-8-12-19-16/h3-14H,1-2H2. The molecule has 2 atom stereocenters. The fourth-order valence-electron chi connectivity index (χ4n) is 2.08. The van der Waals surface area contributed by atoms with Gasteiger partial charge in [-0.2, -0.15) is 0 Å². The van der Waals surface area contributed by atoms with Crippen LogP contribution in [0.5, 0.6) is 0 Å². The summed E-state index contributed by atoms with van der Waals surface area (Å²) in [7, 11) is 0. The molecule has 100 valence electrons. The van der Waals surface area contributed by atoms with Crippen molar-refractivity contribution in [3.05, 3.63) is 85.5 Å². The minimum absolute atomic E-state index is 0.0209. The van der Waals surface area contributed by atoms with Crippen molar-refractivity contribution in [2.45, 2.75) is 11.8 Å². The SMILES string of the molecule is C=CC(C(=O)C(C=C)c1ccccn1)c1ccccn1. The second-order valence-electron chi connectivity index (χ2n) is 4.34. The molecule has 0 aromatic carbocycles. The van der Waals surface area contributed by atoms with E-state index in [1.165, 1.54) is 0 Å². The van der Waals surface area contributed by atoms with Gasteiger partial charge in [-0.3, -0.25) is 14.8 Å². The van der Waals surface area contributed by atoms with Crippen molar-refractivity contribution in [3.63, 3.8) is 0 Å². The summed E-state index contributed by atoms with van der Waals surface area (Å²) < 4.78 is 0. The zero-order chi connectivity index (χ0) is 14.4. The molecular formula is C17H16N2O. The average molecular weight is 264 g/mol. The smallest absolute Gasteiger partial charge is 0.158 e. The molecule has 2 unspecified atom stereocenters. The topological polar surface area (TPSA) is 42.9 Å². The maximum Gasteiger partial charge on any atom is 0.158 e. The first-order valence-electron chi connectivity index (χ1n) is 6.38. The highest BCUT2D eigenvalue weighted by molar-refractivity contribution is 5.94. The normalized spacial score (nSPS) is 13.2. The number of aromatic nitrogens is 2. The molecule has 2 aromatic heterocycles. The average Bonchev–Trinajstić information content (AvgIpc) is 2.51. The van der Waals surface area contributed by atoms with Crippen LogP contribution < -0.4 is 0 Å². The molecule has 0 spiro atoms. The summed E-state index contributed by atoms with van der Waals surface area (Å²) in [6.07, 6.45) is 6.57. The molecule has 0 fully saturated rings. The van der Waals surface area contributed by atoms with E-state index in [-0.39, 0.29) is 5.78 Å². The molecule has 0 aliphatic heterocycles. The number of pyridine rings is 2. The summed E-state index contributed by atoms with van der Waals surface area (Å²) in [6.45, 7) is 7.51. The van der Waals surface area contributed by atoms with Crippen molar-refractivity contribution in [2.24, 2.45) is 0 Å². The molecule has 2 rings (SSSR count). The van der Waals surface area contributed by atoms with Gasteiger partial charge in [-0.15, -0.1) is 13.2 Å². The third kappa shape index (κ3) is 2.88. The van der Waals surface area contributed by atoms with Gasteiger partial charge in [0.05, 0.1) is 23.2 Å². The summed E-state index contributed by atoms with van der Waals surface area (Å²) in [5.74, 6) is -0.935. The lowest BCUT2D eigenvalue weighted by Gasteiger charge is -2.16. The molecule has 0 amide bonds. The molecule has 0 aliphatic rings. The molecule has 0 saturated carbocycles. The van der Waals surface area contributed by atoms with E-state index in [4.69, 9.17) is 0 Å². The minimum atomic E-state index is -0.457. The van der Waals surface area contributed by atoms with Gasteiger partial charge in [0.25, 0.3) is 0 Å². The molecular weight excluding hydrogens is 248 g/mol. The van der Waals surface area contributed by atoms with E-state index in [2.05, 4.69) is 23.1 Å². The molecule has 0 bridgehead atoms. The Morgan fingerprint density at radius 2 is 1.35 bits per heavy atom. The molecule has 0 aliphatic carbocycles. The van der Waals surface area contributed by atoms with Crippen LogP contribution in [0.1, 0.15) is 23.2 Å². The third-order valence-electron chi connectivity index (χ3n) is 3.10. The van der Waals surface area contributed by atoms with Gasteiger partial charge in [-0.05, 0) is 24.3 Å². The quantitative estimate of drug-likeness (QED) is 0.752. The Hall–Kier alpha value is -2.55. The lowest BCUT2D eigenvalue weighted by Crippen LogP contribution is -2.19. The molecule has 2 aromatic rings. The summed E-state index contributed by atoms with van der Waals surface area (Å²) in [6, 6.07) is 11.0. The van der Waals surface area contributed by atoms with E-state index >= 15 is 0 Å². The van der Waals surface area contributed by atoms with Crippen LogP contribution in [0.2, 0.25) is 0 Å². The van der Waals surface area contributed by atoms with Gasteiger partial charge in [-0.1, -0.05) is 24.3 Å². The van der Waals surface area contributed by atoms with Crippen molar-refractivity contribution in [1.82, 2.24) is 9.97 Å². The maximum atomic E-state index is 12.7. The first-order valence-corrected chi connectivity index (χ1v) is 6.38. The maximum absolute atomic E-state index is 12.7. The van der Waals surface area contributed by atoms with Crippen LogP contribution in [0.3, 0.4) is 0 Å². The lowest BCUT2D eigenvalue weighted by atomic mass is 9.88. The predicted molar refractivity (Wildman–Crippen MR) is 79.4 cm³/mol. The number of carbonyl (C=O) groups is 1. The second kappa shape index (κ2) is 6.57. The zero-order valence-electron chi connectivity index (χ0n) is 11.1. The molecule has 2 heterocycles. The van der Waals surface area contributed by atoms with Crippen molar-refractivity contribution in [1.29, 1.82) is 0 Å². The first-order chi connectivity index (χ1) is 9.77. The first kappa shape index (κ1) is 13.9. The molecule has 20 heavy (non-hydrogen) atoms. The van der Waals surface area contributed by atoms with Gasteiger partial charge in [0, 0.05) is 12.4 Å². The van der Waals surface area contributed by atoms with Crippen molar-refractivity contribution in [3.8, 4) is 0 Å². The van der Waals surface area contributed by atoms with Gasteiger partial charge in [0.15, 0.2) is 5.78 Å². The largest absolute Gasteiger partial charge is 0.297 e. The Morgan fingerprint density at radius 3 is 1.65 bits per heavy atom. The van der Waals surface area contributed by atoms with E-state index in [0.29, 0.717) is 11.4 Å². The number of hydrogen-bond acceptors (Lipinski definition) is 3. The van der Waals surface area contributed by atoms with E-state index < -0.39 is 11.8 Å². The molecule has 3 heteroatoms. The van der Waals surface area contributed by atoms with E-state index in [9.17, 15) is 4.79 Å². The van der Waals surface area contributed by atoms with Crippen LogP contribution in [-0.2, 0) is 4.79 Å². The number of allylic oxidation sites excluding steroid dienone is 2. The molecule has 0 N–H and O–H groups in total. The highest BCUT2D eigenvalue weighted by Crippen LogP contribution is 2.26. The van der Waals surface area contributed by atoms with Gasteiger partial charge >= 0.3 is 0 Å². The van der Waals surface area contributed by atoms with Crippen molar-refractivity contribution < 1.29 is 4.79 Å². The lowest BCUT2D eigenvalue weighted by molar-refractivity contribution is -0.120. The van der Waals surface area contributed by atoms with E-state index in [1.54, 1.807) is 24.5 Å². The summed E-state index contributed by atoms with van der Waals surface area (Å²) in [5.41, 5.74) is 1.38. The molecule has 0 saturated heterocycles. The Balaban J connectivity index is 2.32. The number of ketones is 1. The fourth-order valence-corrected chi connectivity index (χ4v) is 2.08. The third-order valence-corrected chi connectivity index (χ3v) is 3.10. The van der Waals surface area contributed by atoms with E-state index in [1.807, 2.05) is 36.4 Å². The van der Waals surface area contributed by atoms with Crippen LogP contribution in [-0.4, -0.2) is 15.8 Å². The van der Waals surface area contributed by atoms with E-state index in [0.717, 1.165) is 0 Å². The van der Waals surface area contributed by atoms with Crippen molar-refractivity contribution >= 4 is 5.78 Å². The highest BCUT2D eigenvalue weighted by Gasteiger charge is 2.26. The monoisotopic (exact) mass is 264 g/mol. The van der Waals surface area contributed by atoms with Crippen LogP contribution in [0.4, 0.5) is 0 Å². The highest BCUT2D eigenvalue weighted by atomic mass is 16.1. The van der Waals surface area contributed by atoms with Crippen LogP contribution in [0.15, 0.2) is 74.1 Å². The van der Waals surface area contributed by atoms with Gasteiger partial charge < -0.3 is 0 Å². The Morgan fingerprint density at radius 1 is 0.900 bits per heavy atom. The molecule has 3 nitrogen and oxygen atoms in total.